The van der Waals surface area contributed by atoms with E-state index in [9.17, 15) is 4.79 Å². The van der Waals surface area contributed by atoms with Gasteiger partial charge in [0.05, 0.1) is 12.3 Å². The third-order valence-electron chi connectivity index (χ3n) is 5.95. The Kier molecular flexibility index (Phi) is 7.70. The van der Waals surface area contributed by atoms with Gasteiger partial charge >= 0.3 is 6.09 Å². The van der Waals surface area contributed by atoms with Crippen LogP contribution in [0.2, 0.25) is 0 Å². The van der Waals surface area contributed by atoms with Gasteiger partial charge in [-0.1, -0.05) is 0 Å². The largest absolute Gasteiger partial charge is 0.474 e. The fourth-order valence-corrected chi connectivity index (χ4v) is 4.06. The molecule has 1 fully saturated rings. The Bertz CT molecular complexity index is 1150. The van der Waals surface area contributed by atoms with Crippen LogP contribution in [0.15, 0.2) is 24.4 Å². The van der Waals surface area contributed by atoms with Crippen molar-refractivity contribution < 1.29 is 14.3 Å². The number of aromatic amines is 1. The number of benzene rings is 1. The van der Waals surface area contributed by atoms with Crippen LogP contribution >= 0.6 is 0 Å². The first-order chi connectivity index (χ1) is 16.8. The van der Waals surface area contributed by atoms with Gasteiger partial charge in [-0.05, 0) is 58.6 Å². The van der Waals surface area contributed by atoms with Crippen LogP contribution in [0.1, 0.15) is 32.3 Å². The summed E-state index contributed by atoms with van der Waals surface area (Å²) in [5, 5.41) is 11.3. The van der Waals surface area contributed by atoms with Crippen molar-refractivity contribution in [2.45, 2.75) is 45.8 Å². The minimum Gasteiger partial charge on any atom is -0.474 e. The second kappa shape index (κ2) is 10.9. The van der Waals surface area contributed by atoms with Crippen molar-refractivity contribution in [3.63, 3.8) is 0 Å². The zero-order valence-electron chi connectivity index (χ0n) is 21.2. The van der Waals surface area contributed by atoms with E-state index < -0.39 is 0 Å². The maximum atomic E-state index is 12.2. The molecular weight excluding hydrogens is 446 g/mol. The van der Waals surface area contributed by atoms with E-state index in [-0.39, 0.29) is 18.3 Å². The van der Waals surface area contributed by atoms with Crippen molar-refractivity contribution >= 4 is 22.8 Å². The van der Waals surface area contributed by atoms with Crippen LogP contribution in [0, 0.1) is 6.92 Å². The number of ether oxygens (including phenoxy) is 2. The van der Waals surface area contributed by atoms with Gasteiger partial charge in [0.15, 0.2) is 11.5 Å². The van der Waals surface area contributed by atoms with Crippen LogP contribution in [-0.4, -0.2) is 88.5 Å². The molecule has 0 atom stereocenters. The predicted octanol–water partition coefficient (Wildman–Crippen LogP) is 3.69. The lowest BCUT2D eigenvalue weighted by Gasteiger charge is -2.31. The Hall–Kier alpha value is -3.40. The molecule has 10 nitrogen and oxygen atoms in total. The molecule has 1 aliphatic heterocycles. The lowest BCUT2D eigenvalue weighted by Crippen LogP contribution is -2.42. The zero-order chi connectivity index (χ0) is 24.9. The number of likely N-dealkylation sites (tertiary alicyclic amines) is 1. The summed E-state index contributed by atoms with van der Waals surface area (Å²) in [5.74, 6) is 1.10. The highest BCUT2D eigenvalue weighted by Crippen LogP contribution is 2.30. The Morgan fingerprint density at radius 3 is 2.71 bits per heavy atom. The smallest absolute Gasteiger partial charge is 0.410 e. The number of carbonyl (C=O) groups is 1. The number of piperidine rings is 1. The maximum absolute atomic E-state index is 12.2. The predicted molar refractivity (Wildman–Crippen MR) is 136 cm³/mol. The molecule has 1 saturated heterocycles. The number of rotatable bonds is 8. The minimum absolute atomic E-state index is 0.0525. The Morgan fingerprint density at radius 2 is 2.03 bits per heavy atom. The molecule has 0 saturated carbocycles. The van der Waals surface area contributed by atoms with E-state index in [2.05, 4.69) is 47.5 Å². The van der Waals surface area contributed by atoms with Gasteiger partial charge in [0, 0.05) is 50.3 Å². The number of fused-ring (bicyclic) bond motifs is 1. The average Bonchev–Trinajstić information content (AvgIpc) is 3.28. The Balaban J connectivity index is 1.48. The number of amides is 1. The molecule has 1 aliphatic rings. The molecule has 0 unspecified atom stereocenters. The number of nitrogens with zero attached hydrogens (tertiary/aromatic N) is 5. The number of H-pyrrole nitrogens is 1. The van der Waals surface area contributed by atoms with Crippen LogP contribution < -0.4 is 10.1 Å². The highest BCUT2D eigenvalue weighted by molar-refractivity contribution is 5.82. The summed E-state index contributed by atoms with van der Waals surface area (Å²) in [6.45, 7) is 8.77. The van der Waals surface area contributed by atoms with E-state index in [1.807, 2.05) is 26.0 Å². The number of likely N-dealkylation sites (N-methyl/N-ethyl adjacent to an activating group) is 1. The fraction of sp³-hybridized carbons (Fsp3) is 0.520. The standard InChI is InChI=1S/C25H35N7O3/c1-16(2)34-25(33)32-11-8-19(9-12-32)35-24-21-15-27-30-23(21)28-22(29-24)20-7-6-18(14-17(20)3)26-10-13-31(4)5/h6-7,14-16,19,26H,8-13H2,1-5H3,(H,27,28,29,30). The van der Waals surface area contributed by atoms with Crippen LogP contribution in [0.25, 0.3) is 22.4 Å². The molecule has 10 heteroatoms. The van der Waals surface area contributed by atoms with Gasteiger partial charge in [-0.2, -0.15) is 10.1 Å². The monoisotopic (exact) mass is 481 g/mol. The first-order valence-electron chi connectivity index (χ1n) is 12.1. The molecular formula is C25H35N7O3. The van der Waals surface area contributed by atoms with Crippen molar-refractivity contribution in [3.05, 3.63) is 30.0 Å². The SMILES string of the molecule is Cc1cc(NCCN(C)C)ccc1-c1nc(OC2CCN(C(=O)OC(C)C)CC2)c2cn[nH]c2n1. The summed E-state index contributed by atoms with van der Waals surface area (Å²) in [6, 6.07) is 6.19. The molecule has 0 spiro atoms. The van der Waals surface area contributed by atoms with E-state index in [1.165, 1.54) is 0 Å². The highest BCUT2D eigenvalue weighted by Gasteiger charge is 2.26. The molecule has 188 valence electrons. The average molecular weight is 482 g/mol. The number of anilines is 1. The molecule has 3 aromatic rings. The molecule has 0 radical (unpaired) electrons. The maximum Gasteiger partial charge on any atom is 0.410 e. The molecule has 0 bridgehead atoms. The van der Waals surface area contributed by atoms with Gasteiger partial charge in [0.1, 0.15) is 11.5 Å². The molecule has 2 aromatic heterocycles. The lowest BCUT2D eigenvalue weighted by atomic mass is 10.1. The number of aromatic nitrogens is 4. The van der Waals surface area contributed by atoms with Crippen molar-refractivity contribution in [3.8, 4) is 17.3 Å². The van der Waals surface area contributed by atoms with Gasteiger partial charge in [-0.3, -0.25) is 5.10 Å². The number of nitrogens with one attached hydrogen (secondary N) is 2. The minimum atomic E-state index is -0.268. The molecule has 35 heavy (non-hydrogen) atoms. The second-order valence-electron chi connectivity index (χ2n) is 9.48. The number of hydrogen-bond acceptors (Lipinski definition) is 8. The summed E-state index contributed by atoms with van der Waals surface area (Å²) >= 11 is 0. The first kappa shape index (κ1) is 24.7. The van der Waals surface area contributed by atoms with Gasteiger partial charge < -0.3 is 24.6 Å². The van der Waals surface area contributed by atoms with Gasteiger partial charge in [-0.15, -0.1) is 0 Å². The molecule has 3 heterocycles. The molecule has 1 aromatic carbocycles. The van der Waals surface area contributed by atoms with Crippen LogP contribution in [-0.2, 0) is 4.74 Å². The third kappa shape index (κ3) is 6.19. The summed E-state index contributed by atoms with van der Waals surface area (Å²) in [6.07, 6.45) is 2.65. The van der Waals surface area contributed by atoms with Crippen molar-refractivity contribution in [2.75, 3.05) is 45.6 Å². The lowest BCUT2D eigenvalue weighted by molar-refractivity contribution is 0.0511. The molecule has 0 aliphatic carbocycles. The molecule has 2 N–H and O–H groups in total. The summed E-state index contributed by atoms with van der Waals surface area (Å²) < 4.78 is 11.6. The van der Waals surface area contributed by atoms with E-state index in [0.717, 1.165) is 35.3 Å². The van der Waals surface area contributed by atoms with E-state index >= 15 is 0 Å². The quantitative estimate of drug-likeness (QED) is 0.502. The number of aryl methyl sites for hydroxylation is 1. The van der Waals surface area contributed by atoms with Crippen molar-refractivity contribution in [2.24, 2.45) is 0 Å². The Labute approximate surface area is 206 Å². The molecule has 4 rings (SSSR count). The summed E-state index contributed by atoms with van der Waals surface area (Å²) in [7, 11) is 4.12. The zero-order valence-corrected chi connectivity index (χ0v) is 21.2. The van der Waals surface area contributed by atoms with E-state index in [0.29, 0.717) is 43.3 Å². The topological polar surface area (TPSA) is 109 Å². The fourth-order valence-electron chi connectivity index (χ4n) is 4.06. The normalized spacial score (nSPS) is 14.7. The molecule has 1 amide bonds. The highest BCUT2D eigenvalue weighted by atomic mass is 16.6. The Morgan fingerprint density at radius 1 is 1.26 bits per heavy atom. The van der Waals surface area contributed by atoms with E-state index in [4.69, 9.17) is 19.4 Å². The number of carbonyl (C=O) groups excluding carboxylic acids is 1. The summed E-state index contributed by atoms with van der Waals surface area (Å²) in [5.41, 5.74) is 3.71. The van der Waals surface area contributed by atoms with Gasteiger partial charge in [0.25, 0.3) is 0 Å². The van der Waals surface area contributed by atoms with Crippen LogP contribution in [0.3, 0.4) is 0 Å². The van der Waals surface area contributed by atoms with Crippen molar-refractivity contribution in [1.29, 1.82) is 0 Å². The second-order valence-corrected chi connectivity index (χ2v) is 9.48. The third-order valence-corrected chi connectivity index (χ3v) is 5.95. The van der Waals surface area contributed by atoms with Crippen LogP contribution in [0.4, 0.5) is 10.5 Å². The van der Waals surface area contributed by atoms with Crippen molar-refractivity contribution in [1.82, 2.24) is 30.0 Å². The van der Waals surface area contributed by atoms with Gasteiger partial charge in [-0.25, -0.2) is 9.78 Å². The summed E-state index contributed by atoms with van der Waals surface area (Å²) in [4.78, 5) is 25.5. The van der Waals surface area contributed by atoms with E-state index in [1.54, 1.807) is 11.1 Å². The first-order valence-corrected chi connectivity index (χ1v) is 12.1. The van der Waals surface area contributed by atoms with Crippen LogP contribution in [0.5, 0.6) is 5.88 Å². The number of hydrogen-bond donors (Lipinski definition) is 2. The van der Waals surface area contributed by atoms with Gasteiger partial charge in [0.2, 0.25) is 5.88 Å².